The molecular weight excluding hydrogens is 298 g/mol. The van der Waals surface area contributed by atoms with Gasteiger partial charge in [-0.1, -0.05) is 12.1 Å². The topological polar surface area (TPSA) is 60.2 Å². The molecule has 1 aliphatic rings. The largest absolute Gasteiger partial charge is 0.419 e. The highest BCUT2D eigenvalue weighted by atomic mass is 79.9. The predicted molar refractivity (Wildman–Crippen MR) is 68.9 cm³/mol. The highest BCUT2D eigenvalue weighted by Crippen LogP contribution is 2.26. The Labute approximate surface area is 113 Å². The highest BCUT2D eigenvalue weighted by molar-refractivity contribution is 9.10. The molecule has 2 heterocycles. The van der Waals surface area contributed by atoms with E-state index in [1.807, 2.05) is 24.3 Å². The van der Waals surface area contributed by atoms with E-state index in [1.165, 1.54) is 0 Å². The van der Waals surface area contributed by atoms with E-state index >= 15 is 0 Å². The molecule has 6 heteroatoms. The molecule has 0 spiro atoms. The van der Waals surface area contributed by atoms with Gasteiger partial charge in [0.15, 0.2) is 0 Å². The van der Waals surface area contributed by atoms with Gasteiger partial charge in [-0.25, -0.2) is 0 Å². The van der Waals surface area contributed by atoms with Gasteiger partial charge in [0, 0.05) is 4.47 Å². The molecule has 5 nitrogen and oxygen atoms in total. The second-order valence-electron chi connectivity index (χ2n) is 4.10. The van der Waals surface area contributed by atoms with Crippen LogP contribution in [-0.2, 0) is 11.3 Å². The maximum absolute atomic E-state index is 5.61. The molecule has 2 aromatic rings. The Morgan fingerprint density at radius 2 is 2.11 bits per heavy atom. The monoisotopic (exact) mass is 309 g/mol. The smallest absolute Gasteiger partial charge is 0.248 e. The summed E-state index contributed by atoms with van der Waals surface area (Å²) in [5.41, 5.74) is 0.906. The Kier molecular flexibility index (Phi) is 3.40. The number of hydrogen-bond donors (Lipinski definition) is 1. The van der Waals surface area contributed by atoms with Gasteiger partial charge in [-0.15, -0.1) is 10.2 Å². The fourth-order valence-electron chi connectivity index (χ4n) is 1.65. The maximum Gasteiger partial charge on any atom is 0.248 e. The molecule has 0 aliphatic carbocycles. The van der Waals surface area contributed by atoms with Gasteiger partial charge in [0.05, 0.1) is 31.4 Å². The van der Waals surface area contributed by atoms with Crippen molar-refractivity contribution in [1.82, 2.24) is 15.5 Å². The summed E-state index contributed by atoms with van der Waals surface area (Å²) in [6.45, 7) is 2.09. The fourth-order valence-corrected chi connectivity index (χ4v) is 2.11. The van der Waals surface area contributed by atoms with E-state index in [2.05, 4.69) is 31.4 Å². The van der Waals surface area contributed by atoms with Gasteiger partial charge < -0.3 is 14.5 Å². The first-order valence-corrected chi connectivity index (χ1v) is 6.50. The minimum absolute atomic E-state index is 0.406. The van der Waals surface area contributed by atoms with Crippen molar-refractivity contribution in [2.24, 2.45) is 0 Å². The second-order valence-corrected chi connectivity index (χ2v) is 4.95. The quantitative estimate of drug-likeness (QED) is 0.936. The third-order valence-electron chi connectivity index (χ3n) is 2.75. The van der Waals surface area contributed by atoms with E-state index < -0.39 is 0 Å². The zero-order chi connectivity index (χ0) is 12.4. The molecule has 1 aliphatic heterocycles. The molecule has 1 aromatic carbocycles. The van der Waals surface area contributed by atoms with Crippen molar-refractivity contribution >= 4 is 15.9 Å². The summed E-state index contributed by atoms with van der Waals surface area (Å²) in [4.78, 5) is 0. The Hall–Kier alpha value is -1.24. The van der Waals surface area contributed by atoms with Gasteiger partial charge in [-0.05, 0) is 28.1 Å². The summed E-state index contributed by atoms with van der Waals surface area (Å²) >= 11 is 3.46. The van der Waals surface area contributed by atoms with Gasteiger partial charge >= 0.3 is 0 Å². The average molecular weight is 310 g/mol. The number of ether oxygens (including phenoxy) is 1. The molecule has 1 saturated heterocycles. The number of halogens is 1. The lowest BCUT2D eigenvalue weighted by atomic mass is 10.2. The summed E-state index contributed by atoms with van der Waals surface area (Å²) in [5, 5.41) is 11.4. The summed E-state index contributed by atoms with van der Waals surface area (Å²) in [6.07, 6.45) is 0. The number of benzene rings is 1. The second kappa shape index (κ2) is 5.17. The van der Waals surface area contributed by atoms with E-state index in [0.717, 1.165) is 23.2 Å². The first-order chi connectivity index (χ1) is 8.83. The Bertz CT molecular complexity index is 540. The first kappa shape index (κ1) is 11.8. The van der Waals surface area contributed by atoms with Gasteiger partial charge in [-0.2, -0.15) is 0 Å². The van der Waals surface area contributed by atoms with Crippen molar-refractivity contribution in [3.63, 3.8) is 0 Å². The Morgan fingerprint density at radius 3 is 2.83 bits per heavy atom. The molecule has 1 aromatic heterocycles. The van der Waals surface area contributed by atoms with E-state index in [-0.39, 0.29) is 0 Å². The van der Waals surface area contributed by atoms with Crippen LogP contribution < -0.4 is 5.32 Å². The van der Waals surface area contributed by atoms with Crippen LogP contribution in [0.1, 0.15) is 5.89 Å². The standard InChI is InChI=1S/C12H12BrN3O2/c13-10-4-2-1-3-9(10)12-16-15-11(18-12)5-14-8-6-17-7-8/h1-4,8,14H,5-7H2. The molecule has 94 valence electrons. The Morgan fingerprint density at radius 1 is 1.28 bits per heavy atom. The van der Waals surface area contributed by atoms with Crippen molar-refractivity contribution in [1.29, 1.82) is 0 Å². The average Bonchev–Trinajstić information content (AvgIpc) is 2.76. The molecule has 1 fully saturated rings. The lowest BCUT2D eigenvalue weighted by molar-refractivity contribution is -0.00658. The minimum Gasteiger partial charge on any atom is -0.419 e. The molecule has 0 atom stereocenters. The fraction of sp³-hybridized carbons (Fsp3) is 0.333. The minimum atomic E-state index is 0.406. The lowest BCUT2D eigenvalue weighted by Crippen LogP contribution is -2.45. The van der Waals surface area contributed by atoms with Crippen LogP contribution >= 0.6 is 15.9 Å². The van der Waals surface area contributed by atoms with Crippen LogP contribution in [0.4, 0.5) is 0 Å². The van der Waals surface area contributed by atoms with Crippen molar-refractivity contribution in [3.05, 3.63) is 34.6 Å². The van der Waals surface area contributed by atoms with Crippen LogP contribution in [-0.4, -0.2) is 29.5 Å². The summed E-state index contributed by atoms with van der Waals surface area (Å²) in [7, 11) is 0. The third-order valence-corrected chi connectivity index (χ3v) is 3.44. The molecule has 3 rings (SSSR count). The van der Waals surface area contributed by atoms with E-state index in [4.69, 9.17) is 9.15 Å². The molecule has 0 amide bonds. The van der Waals surface area contributed by atoms with Crippen molar-refractivity contribution in [3.8, 4) is 11.5 Å². The van der Waals surface area contributed by atoms with Crippen molar-refractivity contribution < 1.29 is 9.15 Å². The zero-order valence-corrected chi connectivity index (χ0v) is 11.2. The van der Waals surface area contributed by atoms with E-state index in [9.17, 15) is 0 Å². The van der Waals surface area contributed by atoms with Crippen molar-refractivity contribution in [2.75, 3.05) is 13.2 Å². The molecule has 0 radical (unpaired) electrons. The lowest BCUT2D eigenvalue weighted by Gasteiger charge is -2.26. The van der Waals surface area contributed by atoms with Gasteiger partial charge in [0.2, 0.25) is 11.8 Å². The molecular formula is C12H12BrN3O2. The predicted octanol–water partition coefficient (Wildman–Crippen LogP) is 1.99. The van der Waals surface area contributed by atoms with Crippen LogP contribution in [0.25, 0.3) is 11.5 Å². The van der Waals surface area contributed by atoms with Gasteiger partial charge in [0.1, 0.15) is 0 Å². The van der Waals surface area contributed by atoms with Crippen LogP contribution in [0.5, 0.6) is 0 Å². The SMILES string of the molecule is Brc1ccccc1-c1nnc(CNC2COC2)o1. The molecule has 0 unspecified atom stereocenters. The van der Waals surface area contributed by atoms with Crippen LogP contribution in [0.15, 0.2) is 33.2 Å². The maximum atomic E-state index is 5.61. The summed E-state index contributed by atoms with van der Waals surface area (Å²) < 4.78 is 11.6. The first-order valence-electron chi connectivity index (χ1n) is 5.71. The van der Waals surface area contributed by atoms with E-state index in [0.29, 0.717) is 24.4 Å². The number of nitrogens with one attached hydrogen (secondary N) is 1. The third kappa shape index (κ3) is 2.45. The van der Waals surface area contributed by atoms with E-state index in [1.54, 1.807) is 0 Å². The summed E-state index contributed by atoms with van der Waals surface area (Å²) in [5.74, 6) is 1.12. The molecule has 1 N–H and O–H groups in total. The molecule has 0 bridgehead atoms. The van der Waals surface area contributed by atoms with Gasteiger partial charge in [0.25, 0.3) is 0 Å². The molecule has 18 heavy (non-hydrogen) atoms. The number of nitrogens with zero attached hydrogens (tertiary/aromatic N) is 2. The Balaban J connectivity index is 1.70. The number of hydrogen-bond acceptors (Lipinski definition) is 5. The van der Waals surface area contributed by atoms with Crippen molar-refractivity contribution in [2.45, 2.75) is 12.6 Å². The van der Waals surface area contributed by atoms with Gasteiger partial charge in [-0.3, -0.25) is 0 Å². The van der Waals surface area contributed by atoms with Crippen LogP contribution in [0.2, 0.25) is 0 Å². The normalized spacial score (nSPS) is 15.6. The van der Waals surface area contributed by atoms with Crippen LogP contribution in [0.3, 0.4) is 0 Å². The van der Waals surface area contributed by atoms with Crippen LogP contribution in [0, 0.1) is 0 Å². The molecule has 0 saturated carbocycles. The zero-order valence-electron chi connectivity index (χ0n) is 9.60. The highest BCUT2D eigenvalue weighted by Gasteiger charge is 2.18. The number of rotatable bonds is 4. The summed E-state index contributed by atoms with van der Waals surface area (Å²) in [6, 6.07) is 8.18. The number of aromatic nitrogens is 2.